The van der Waals surface area contributed by atoms with Crippen LogP contribution in [0.3, 0.4) is 0 Å². The summed E-state index contributed by atoms with van der Waals surface area (Å²) in [4.78, 5) is 12.4. The van der Waals surface area contributed by atoms with E-state index in [-0.39, 0.29) is 12.1 Å². The van der Waals surface area contributed by atoms with Gasteiger partial charge in [0.1, 0.15) is 0 Å². The zero-order chi connectivity index (χ0) is 9.90. The van der Waals surface area contributed by atoms with E-state index in [2.05, 4.69) is 6.92 Å². The van der Waals surface area contributed by atoms with E-state index >= 15 is 0 Å². The van der Waals surface area contributed by atoms with Crippen molar-refractivity contribution < 1.29 is 14.6 Å². The highest BCUT2D eigenvalue weighted by molar-refractivity contribution is 5.69. The Balaban J connectivity index is 2.34. The summed E-state index contributed by atoms with van der Waals surface area (Å²) in [5.74, 6) is -0.749. The largest absolute Gasteiger partial charge is 0.480 e. The maximum Gasteiger partial charge on any atom is 0.317 e. The van der Waals surface area contributed by atoms with Gasteiger partial charge in [-0.25, -0.2) is 0 Å². The normalized spacial score (nSPS) is 22.9. The molecule has 0 aromatic rings. The number of ether oxygens (including phenoxy) is 1. The molecule has 1 aliphatic rings. The van der Waals surface area contributed by atoms with Crippen LogP contribution in [0.1, 0.15) is 19.8 Å². The minimum Gasteiger partial charge on any atom is -0.480 e. The molecule has 0 bridgehead atoms. The second-order valence-corrected chi connectivity index (χ2v) is 3.82. The smallest absolute Gasteiger partial charge is 0.317 e. The highest BCUT2D eigenvalue weighted by atomic mass is 16.5. The van der Waals surface area contributed by atoms with Crippen LogP contribution in [0.5, 0.6) is 0 Å². The number of rotatable bonds is 3. The summed E-state index contributed by atoms with van der Waals surface area (Å²) in [5.41, 5.74) is -0.0466. The Morgan fingerprint density at radius 1 is 1.54 bits per heavy atom. The molecule has 0 saturated carbocycles. The monoisotopic (exact) mass is 187 g/mol. The van der Waals surface area contributed by atoms with Gasteiger partial charge in [-0.1, -0.05) is 0 Å². The Hall–Kier alpha value is -0.610. The summed E-state index contributed by atoms with van der Waals surface area (Å²) in [6.07, 6.45) is 1.83. The molecule has 1 heterocycles. The van der Waals surface area contributed by atoms with Crippen molar-refractivity contribution in [3.05, 3.63) is 0 Å². The summed E-state index contributed by atoms with van der Waals surface area (Å²) in [5, 5.41) is 8.58. The predicted octanol–water partition coefficient (Wildman–Crippen LogP) is 0.572. The van der Waals surface area contributed by atoms with Crippen molar-refractivity contribution in [2.75, 3.05) is 26.7 Å². The van der Waals surface area contributed by atoms with Crippen molar-refractivity contribution in [1.82, 2.24) is 4.90 Å². The molecule has 4 nitrogen and oxygen atoms in total. The summed E-state index contributed by atoms with van der Waals surface area (Å²) in [7, 11) is 1.72. The molecule has 0 aromatic heterocycles. The minimum absolute atomic E-state index is 0.0466. The second-order valence-electron chi connectivity index (χ2n) is 3.82. The number of carbonyl (C=O) groups is 1. The van der Waals surface area contributed by atoms with Crippen LogP contribution >= 0.6 is 0 Å². The molecule has 0 spiro atoms. The first-order chi connectivity index (χ1) is 6.06. The minimum atomic E-state index is -0.749. The van der Waals surface area contributed by atoms with Gasteiger partial charge in [0.05, 0.1) is 12.1 Å². The molecule has 0 unspecified atom stereocenters. The highest BCUT2D eigenvalue weighted by Crippen LogP contribution is 2.24. The summed E-state index contributed by atoms with van der Waals surface area (Å²) < 4.78 is 5.36. The molecule has 1 aliphatic heterocycles. The van der Waals surface area contributed by atoms with Gasteiger partial charge in [0.25, 0.3) is 0 Å². The van der Waals surface area contributed by atoms with Crippen LogP contribution in [-0.2, 0) is 9.53 Å². The van der Waals surface area contributed by atoms with E-state index in [0.717, 1.165) is 25.9 Å². The topological polar surface area (TPSA) is 49.8 Å². The molecule has 1 saturated heterocycles. The van der Waals surface area contributed by atoms with Crippen LogP contribution < -0.4 is 0 Å². The van der Waals surface area contributed by atoms with E-state index in [4.69, 9.17) is 9.84 Å². The molecule has 1 rings (SSSR count). The lowest BCUT2D eigenvalue weighted by Gasteiger charge is -2.37. The number of carboxylic acids is 1. The molecule has 1 N–H and O–H groups in total. The molecule has 0 amide bonds. The average molecular weight is 187 g/mol. The van der Waals surface area contributed by atoms with Crippen molar-refractivity contribution in [1.29, 1.82) is 0 Å². The van der Waals surface area contributed by atoms with Crippen LogP contribution in [0.2, 0.25) is 0 Å². The first-order valence-corrected chi connectivity index (χ1v) is 4.55. The highest BCUT2D eigenvalue weighted by Gasteiger charge is 2.30. The standard InChI is InChI=1S/C9H17NO3/c1-9(13-2)3-5-10(6-4-9)7-8(11)12/h3-7H2,1-2H3,(H,11,12). The number of methoxy groups -OCH3 is 1. The summed E-state index contributed by atoms with van der Waals surface area (Å²) in [6.45, 7) is 3.86. The van der Waals surface area contributed by atoms with Gasteiger partial charge in [-0.3, -0.25) is 9.69 Å². The Morgan fingerprint density at radius 2 is 2.08 bits per heavy atom. The fourth-order valence-corrected chi connectivity index (χ4v) is 1.58. The lowest BCUT2D eigenvalue weighted by molar-refractivity contribution is -0.139. The fourth-order valence-electron chi connectivity index (χ4n) is 1.58. The van der Waals surface area contributed by atoms with Gasteiger partial charge in [-0.05, 0) is 19.8 Å². The van der Waals surface area contributed by atoms with Crippen LogP contribution in [0.15, 0.2) is 0 Å². The van der Waals surface area contributed by atoms with Gasteiger partial charge >= 0.3 is 5.97 Å². The summed E-state index contributed by atoms with van der Waals surface area (Å²) >= 11 is 0. The Bertz CT molecular complexity index is 185. The van der Waals surface area contributed by atoms with Crippen molar-refractivity contribution in [2.45, 2.75) is 25.4 Å². The van der Waals surface area contributed by atoms with E-state index in [9.17, 15) is 4.79 Å². The van der Waals surface area contributed by atoms with Crippen LogP contribution in [0.25, 0.3) is 0 Å². The molecule has 0 aliphatic carbocycles. The lowest BCUT2D eigenvalue weighted by atomic mass is 9.93. The third kappa shape index (κ3) is 2.97. The van der Waals surface area contributed by atoms with Crippen LogP contribution in [0, 0.1) is 0 Å². The predicted molar refractivity (Wildman–Crippen MR) is 48.7 cm³/mol. The third-order valence-corrected chi connectivity index (χ3v) is 2.77. The Kier molecular flexibility index (Phi) is 3.27. The van der Waals surface area contributed by atoms with Gasteiger partial charge in [0.2, 0.25) is 0 Å². The van der Waals surface area contributed by atoms with E-state index in [1.165, 1.54) is 0 Å². The average Bonchev–Trinajstić information content (AvgIpc) is 2.09. The molecule has 4 heteroatoms. The number of aliphatic carboxylic acids is 1. The lowest BCUT2D eigenvalue weighted by Crippen LogP contribution is -2.45. The fraction of sp³-hybridized carbons (Fsp3) is 0.889. The van der Waals surface area contributed by atoms with E-state index in [1.807, 2.05) is 4.90 Å². The van der Waals surface area contributed by atoms with Crippen molar-refractivity contribution in [2.24, 2.45) is 0 Å². The van der Waals surface area contributed by atoms with Crippen LogP contribution in [0.4, 0.5) is 0 Å². The first kappa shape index (κ1) is 10.5. The van der Waals surface area contributed by atoms with Gasteiger partial charge < -0.3 is 9.84 Å². The Morgan fingerprint density at radius 3 is 2.46 bits per heavy atom. The first-order valence-electron chi connectivity index (χ1n) is 4.55. The number of likely N-dealkylation sites (tertiary alicyclic amines) is 1. The zero-order valence-corrected chi connectivity index (χ0v) is 8.25. The van der Waals surface area contributed by atoms with Crippen LogP contribution in [-0.4, -0.2) is 48.3 Å². The number of piperidine rings is 1. The second kappa shape index (κ2) is 4.07. The third-order valence-electron chi connectivity index (χ3n) is 2.77. The van der Waals surface area contributed by atoms with Crippen molar-refractivity contribution in [3.63, 3.8) is 0 Å². The van der Waals surface area contributed by atoms with Gasteiger partial charge in [-0.15, -0.1) is 0 Å². The molecule has 0 atom stereocenters. The van der Waals surface area contributed by atoms with E-state index < -0.39 is 5.97 Å². The van der Waals surface area contributed by atoms with Gasteiger partial charge in [-0.2, -0.15) is 0 Å². The molecule has 1 fully saturated rings. The molecule has 76 valence electrons. The molecule has 0 aromatic carbocycles. The zero-order valence-electron chi connectivity index (χ0n) is 8.25. The van der Waals surface area contributed by atoms with Crippen molar-refractivity contribution >= 4 is 5.97 Å². The molecule has 0 radical (unpaired) electrons. The van der Waals surface area contributed by atoms with E-state index in [0.29, 0.717) is 0 Å². The molecular formula is C9H17NO3. The van der Waals surface area contributed by atoms with Gasteiger partial charge in [0.15, 0.2) is 0 Å². The maximum absolute atomic E-state index is 10.4. The SMILES string of the molecule is COC1(C)CCN(CC(=O)O)CC1. The van der Waals surface area contributed by atoms with Crippen molar-refractivity contribution in [3.8, 4) is 0 Å². The Labute approximate surface area is 78.5 Å². The van der Waals surface area contributed by atoms with E-state index in [1.54, 1.807) is 7.11 Å². The summed E-state index contributed by atoms with van der Waals surface area (Å²) in [6, 6.07) is 0. The quantitative estimate of drug-likeness (QED) is 0.702. The number of carboxylic acid groups (broad SMARTS) is 1. The maximum atomic E-state index is 10.4. The number of nitrogens with zero attached hydrogens (tertiary/aromatic N) is 1. The number of hydrogen-bond acceptors (Lipinski definition) is 3. The van der Waals surface area contributed by atoms with Gasteiger partial charge in [0, 0.05) is 20.2 Å². The molecular weight excluding hydrogens is 170 g/mol. The molecule has 13 heavy (non-hydrogen) atoms. The number of hydrogen-bond donors (Lipinski definition) is 1.